The second-order valence-corrected chi connectivity index (χ2v) is 4.71. The molecule has 0 aliphatic carbocycles. The third-order valence-electron chi connectivity index (χ3n) is 3.03. The van der Waals surface area contributed by atoms with E-state index in [1.807, 2.05) is 11.6 Å². The average molecular weight is 214 g/mol. The summed E-state index contributed by atoms with van der Waals surface area (Å²) in [4.78, 5) is 4.32. The smallest absolute Gasteiger partial charge is 0.128 e. The molecule has 4 heteroatoms. The lowest BCUT2D eigenvalue weighted by molar-refractivity contribution is 0.399. The van der Waals surface area contributed by atoms with Crippen molar-refractivity contribution >= 4 is 11.6 Å². The zero-order chi connectivity index (χ0) is 10.2. The molecular formula is C10H16ClN3. The van der Waals surface area contributed by atoms with Crippen LogP contribution in [0.2, 0.25) is 5.15 Å². The largest absolute Gasteiger partial charge is 0.322 e. The van der Waals surface area contributed by atoms with Crippen molar-refractivity contribution in [1.29, 1.82) is 0 Å². The van der Waals surface area contributed by atoms with Gasteiger partial charge in [0.05, 0.1) is 6.20 Å². The van der Waals surface area contributed by atoms with Crippen LogP contribution in [-0.4, -0.2) is 21.6 Å². The van der Waals surface area contributed by atoms with Gasteiger partial charge in [0, 0.05) is 19.0 Å². The van der Waals surface area contributed by atoms with Crippen molar-refractivity contribution in [1.82, 2.24) is 14.9 Å². The number of nitrogens with zero attached hydrogens (tertiary/aromatic N) is 2. The molecule has 2 rings (SSSR count). The van der Waals surface area contributed by atoms with E-state index in [0.717, 1.165) is 18.8 Å². The van der Waals surface area contributed by atoms with E-state index in [4.69, 9.17) is 11.6 Å². The molecule has 0 aromatic carbocycles. The van der Waals surface area contributed by atoms with Crippen LogP contribution in [0.25, 0.3) is 0 Å². The molecule has 14 heavy (non-hydrogen) atoms. The van der Waals surface area contributed by atoms with Crippen molar-refractivity contribution < 1.29 is 0 Å². The highest BCUT2D eigenvalue weighted by Gasteiger charge is 2.29. The number of aromatic nitrogens is 2. The number of hydrogen-bond acceptors (Lipinski definition) is 2. The Morgan fingerprint density at radius 2 is 2.50 bits per heavy atom. The quantitative estimate of drug-likeness (QED) is 0.812. The minimum absolute atomic E-state index is 0.211. The van der Waals surface area contributed by atoms with Gasteiger partial charge in [-0.15, -0.1) is 0 Å². The second-order valence-electron chi connectivity index (χ2n) is 4.32. The number of rotatable bonds is 2. The molecule has 0 spiro atoms. The highest BCUT2D eigenvalue weighted by molar-refractivity contribution is 6.29. The van der Waals surface area contributed by atoms with Crippen LogP contribution < -0.4 is 5.32 Å². The van der Waals surface area contributed by atoms with Gasteiger partial charge in [-0.1, -0.05) is 11.6 Å². The van der Waals surface area contributed by atoms with Crippen LogP contribution in [-0.2, 0) is 13.5 Å². The first-order chi connectivity index (χ1) is 6.61. The predicted molar refractivity (Wildman–Crippen MR) is 57.6 cm³/mol. The number of imidazole rings is 1. The Kier molecular flexibility index (Phi) is 2.54. The number of halogens is 1. The molecule has 1 atom stereocenters. The Hall–Kier alpha value is -0.540. The summed E-state index contributed by atoms with van der Waals surface area (Å²) < 4.78 is 1.95. The van der Waals surface area contributed by atoms with E-state index in [2.05, 4.69) is 17.2 Å². The van der Waals surface area contributed by atoms with Gasteiger partial charge in [-0.25, -0.2) is 4.98 Å². The zero-order valence-corrected chi connectivity index (χ0v) is 9.43. The van der Waals surface area contributed by atoms with E-state index in [1.54, 1.807) is 6.20 Å². The van der Waals surface area contributed by atoms with Crippen LogP contribution in [0, 0.1) is 0 Å². The molecule has 1 aromatic heterocycles. The summed E-state index contributed by atoms with van der Waals surface area (Å²) in [5.74, 6) is 1.06. The van der Waals surface area contributed by atoms with Gasteiger partial charge < -0.3 is 9.88 Å². The highest BCUT2D eigenvalue weighted by Crippen LogP contribution is 2.23. The van der Waals surface area contributed by atoms with Gasteiger partial charge in [0.2, 0.25) is 0 Å². The fourth-order valence-corrected chi connectivity index (χ4v) is 2.19. The molecule has 1 aliphatic heterocycles. The van der Waals surface area contributed by atoms with Crippen molar-refractivity contribution in [2.75, 3.05) is 6.54 Å². The molecule has 3 nitrogen and oxygen atoms in total. The van der Waals surface area contributed by atoms with Crippen LogP contribution in [0.5, 0.6) is 0 Å². The van der Waals surface area contributed by atoms with E-state index in [-0.39, 0.29) is 5.54 Å². The van der Waals surface area contributed by atoms with Gasteiger partial charge in [-0.2, -0.15) is 0 Å². The molecule has 0 amide bonds. The fourth-order valence-electron chi connectivity index (χ4n) is 2.05. The third kappa shape index (κ3) is 1.79. The zero-order valence-electron chi connectivity index (χ0n) is 8.68. The maximum absolute atomic E-state index is 5.94. The Morgan fingerprint density at radius 3 is 3.00 bits per heavy atom. The molecule has 1 aliphatic rings. The van der Waals surface area contributed by atoms with Crippen molar-refractivity contribution in [3.05, 3.63) is 17.2 Å². The summed E-state index contributed by atoms with van der Waals surface area (Å²) in [5, 5.41) is 4.23. The minimum atomic E-state index is 0.211. The molecule has 0 bridgehead atoms. The van der Waals surface area contributed by atoms with Gasteiger partial charge in [-0.3, -0.25) is 0 Å². The molecule has 2 heterocycles. The molecule has 1 aromatic rings. The average Bonchev–Trinajstić information content (AvgIpc) is 2.68. The van der Waals surface area contributed by atoms with Crippen LogP contribution in [0.15, 0.2) is 6.20 Å². The molecule has 1 saturated heterocycles. The Balaban J connectivity index is 2.14. The summed E-state index contributed by atoms with van der Waals surface area (Å²) in [6.45, 7) is 3.37. The van der Waals surface area contributed by atoms with Gasteiger partial charge in [0.15, 0.2) is 0 Å². The maximum atomic E-state index is 5.94. The van der Waals surface area contributed by atoms with E-state index in [1.165, 1.54) is 12.8 Å². The van der Waals surface area contributed by atoms with Crippen LogP contribution in [0.3, 0.4) is 0 Å². The minimum Gasteiger partial charge on any atom is -0.322 e. The molecular weight excluding hydrogens is 198 g/mol. The SMILES string of the molecule is Cn1c(Cl)cnc1CC1(C)CCCN1. The molecule has 1 unspecified atom stereocenters. The summed E-state index contributed by atoms with van der Waals surface area (Å²) in [7, 11) is 1.96. The number of nitrogens with one attached hydrogen (secondary N) is 1. The third-order valence-corrected chi connectivity index (χ3v) is 3.38. The van der Waals surface area contributed by atoms with E-state index in [9.17, 15) is 0 Å². The first-order valence-electron chi connectivity index (χ1n) is 5.02. The molecule has 1 fully saturated rings. The molecule has 1 N–H and O–H groups in total. The number of hydrogen-bond donors (Lipinski definition) is 1. The van der Waals surface area contributed by atoms with Crippen LogP contribution >= 0.6 is 11.6 Å². The Bertz CT molecular complexity index is 326. The molecule has 78 valence electrons. The summed E-state index contributed by atoms with van der Waals surface area (Å²) >= 11 is 5.94. The lowest BCUT2D eigenvalue weighted by Gasteiger charge is -2.23. The van der Waals surface area contributed by atoms with E-state index >= 15 is 0 Å². The predicted octanol–water partition coefficient (Wildman–Crippen LogP) is 1.76. The standard InChI is InChI=1S/C10H16ClN3/c1-10(4-3-5-13-10)6-9-12-7-8(11)14(9)2/h7,13H,3-6H2,1-2H3. The topological polar surface area (TPSA) is 29.9 Å². The van der Waals surface area contributed by atoms with Crippen molar-refractivity contribution in [3.63, 3.8) is 0 Å². The lowest BCUT2D eigenvalue weighted by atomic mass is 9.96. The summed E-state index contributed by atoms with van der Waals surface area (Å²) in [5.41, 5.74) is 0.211. The normalized spacial score (nSPS) is 27.1. The summed E-state index contributed by atoms with van der Waals surface area (Å²) in [6.07, 6.45) is 5.15. The Morgan fingerprint density at radius 1 is 1.71 bits per heavy atom. The van der Waals surface area contributed by atoms with Crippen LogP contribution in [0.1, 0.15) is 25.6 Å². The van der Waals surface area contributed by atoms with Crippen molar-refractivity contribution in [2.45, 2.75) is 31.7 Å². The van der Waals surface area contributed by atoms with Crippen molar-refractivity contribution in [2.24, 2.45) is 7.05 Å². The van der Waals surface area contributed by atoms with E-state index < -0.39 is 0 Å². The summed E-state index contributed by atoms with van der Waals surface area (Å²) in [6, 6.07) is 0. The highest BCUT2D eigenvalue weighted by atomic mass is 35.5. The first-order valence-corrected chi connectivity index (χ1v) is 5.40. The van der Waals surface area contributed by atoms with Gasteiger partial charge in [0.25, 0.3) is 0 Å². The first kappa shape index (κ1) is 9.99. The van der Waals surface area contributed by atoms with Gasteiger partial charge in [-0.05, 0) is 26.3 Å². The molecule has 0 saturated carbocycles. The van der Waals surface area contributed by atoms with E-state index in [0.29, 0.717) is 5.15 Å². The van der Waals surface area contributed by atoms with Crippen molar-refractivity contribution in [3.8, 4) is 0 Å². The van der Waals surface area contributed by atoms with Gasteiger partial charge >= 0.3 is 0 Å². The van der Waals surface area contributed by atoms with Crippen LogP contribution in [0.4, 0.5) is 0 Å². The molecule has 0 radical (unpaired) electrons. The maximum Gasteiger partial charge on any atom is 0.128 e. The monoisotopic (exact) mass is 213 g/mol. The fraction of sp³-hybridized carbons (Fsp3) is 0.700. The Labute approximate surface area is 89.5 Å². The second kappa shape index (κ2) is 3.55. The lowest BCUT2D eigenvalue weighted by Crippen LogP contribution is -2.39. The van der Waals surface area contributed by atoms with Gasteiger partial charge in [0.1, 0.15) is 11.0 Å².